The van der Waals surface area contributed by atoms with Gasteiger partial charge in [-0.25, -0.2) is 0 Å². The number of nitrogens with one attached hydrogen (secondary N) is 1. The molecule has 0 amide bonds. The van der Waals surface area contributed by atoms with Gasteiger partial charge in [-0.05, 0) is 38.1 Å². The van der Waals surface area contributed by atoms with Crippen molar-refractivity contribution in [3.05, 3.63) is 58.1 Å². The lowest BCUT2D eigenvalue weighted by Gasteiger charge is -2.23. The molecule has 0 unspecified atom stereocenters. The third-order valence-corrected chi connectivity index (χ3v) is 3.31. The second-order valence-electron chi connectivity index (χ2n) is 4.65. The molecule has 0 aliphatic heterocycles. The SMILES string of the molecule is CCN(c1ccc(C)cc1)c1cccc(NN)c1[N+](=O)[O-]. The molecule has 2 aromatic carbocycles. The van der Waals surface area contributed by atoms with Crippen LogP contribution in [0.3, 0.4) is 0 Å². The Kier molecular flexibility index (Phi) is 4.39. The van der Waals surface area contributed by atoms with Crippen LogP contribution in [0.1, 0.15) is 12.5 Å². The monoisotopic (exact) mass is 286 g/mol. The van der Waals surface area contributed by atoms with Gasteiger partial charge in [-0.1, -0.05) is 23.8 Å². The van der Waals surface area contributed by atoms with Gasteiger partial charge in [-0.2, -0.15) is 0 Å². The number of para-hydroxylation sites is 1. The quantitative estimate of drug-likeness (QED) is 0.500. The van der Waals surface area contributed by atoms with Crippen molar-refractivity contribution in [1.82, 2.24) is 0 Å². The van der Waals surface area contributed by atoms with Crippen molar-refractivity contribution < 1.29 is 4.92 Å². The van der Waals surface area contributed by atoms with Crippen LogP contribution in [-0.2, 0) is 0 Å². The van der Waals surface area contributed by atoms with Gasteiger partial charge in [0.15, 0.2) is 0 Å². The highest BCUT2D eigenvalue weighted by atomic mass is 16.6. The minimum atomic E-state index is -0.415. The van der Waals surface area contributed by atoms with Gasteiger partial charge in [-0.3, -0.25) is 16.0 Å². The minimum absolute atomic E-state index is 0.0255. The van der Waals surface area contributed by atoms with Crippen LogP contribution < -0.4 is 16.2 Å². The van der Waals surface area contributed by atoms with E-state index in [-0.39, 0.29) is 5.69 Å². The smallest absolute Gasteiger partial charge is 0.317 e. The molecule has 3 N–H and O–H groups in total. The molecule has 0 radical (unpaired) electrons. The Labute approximate surface area is 123 Å². The molecule has 0 atom stereocenters. The van der Waals surface area contributed by atoms with Crippen LogP contribution in [-0.4, -0.2) is 11.5 Å². The van der Waals surface area contributed by atoms with E-state index < -0.39 is 4.92 Å². The van der Waals surface area contributed by atoms with E-state index in [1.54, 1.807) is 18.2 Å². The highest BCUT2D eigenvalue weighted by Crippen LogP contribution is 2.38. The number of rotatable bonds is 5. The molecule has 0 heterocycles. The summed E-state index contributed by atoms with van der Waals surface area (Å²) in [6, 6.07) is 12.9. The Morgan fingerprint density at radius 3 is 2.43 bits per heavy atom. The zero-order valence-corrected chi connectivity index (χ0v) is 12.0. The fourth-order valence-corrected chi connectivity index (χ4v) is 2.27. The fourth-order valence-electron chi connectivity index (χ4n) is 2.27. The Balaban J connectivity index is 2.57. The normalized spacial score (nSPS) is 10.2. The van der Waals surface area contributed by atoms with Crippen LogP contribution in [0.25, 0.3) is 0 Å². The molecule has 0 aromatic heterocycles. The molecule has 110 valence electrons. The van der Waals surface area contributed by atoms with Gasteiger partial charge in [0.25, 0.3) is 0 Å². The second-order valence-corrected chi connectivity index (χ2v) is 4.65. The first-order valence-corrected chi connectivity index (χ1v) is 6.66. The van der Waals surface area contributed by atoms with Gasteiger partial charge in [0.05, 0.1) is 4.92 Å². The Morgan fingerprint density at radius 1 is 1.24 bits per heavy atom. The zero-order chi connectivity index (χ0) is 15.4. The van der Waals surface area contributed by atoms with Crippen molar-refractivity contribution in [2.24, 2.45) is 5.84 Å². The van der Waals surface area contributed by atoms with E-state index in [1.165, 1.54) is 0 Å². The molecule has 2 rings (SSSR count). The van der Waals surface area contributed by atoms with E-state index in [0.717, 1.165) is 11.3 Å². The molecule has 0 fully saturated rings. The molecule has 6 heteroatoms. The number of hydrogen-bond donors (Lipinski definition) is 2. The average molecular weight is 286 g/mol. The van der Waals surface area contributed by atoms with Gasteiger partial charge in [0.2, 0.25) is 0 Å². The van der Waals surface area contributed by atoms with E-state index in [9.17, 15) is 10.1 Å². The number of benzene rings is 2. The third-order valence-electron chi connectivity index (χ3n) is 3.31. The molecule has 6 nitrogen and oxygen atoms in total. The number of nitro benzene ring substituents is 1. The summed E-state index contributed by atoms with van der Waals surface area (Å²) in [6.45, 7) is 4.56. The number of hydrazine groups is 1. The number of nitrogens with zero attached hydrogens (tertiary/aromatic N) is 2. The fraction of sp³-hybridized carbons (Fsp3) is 0.200. The van der Waals surface area contributed by atoms with Crippen molar-refractivity contribution in [1.29, 1.82) is 0 Å². The molecule has 0 spiro atoms. The van der Waals surface area contributed by atoms with Crippen LogP contribution in [0.2, 0.25) is 0 Å². The zero-order valence-electron chi connectivity index (χ0n) is 12.0. The largest absolute Gasteiger partial charge is 0.336 e. The summed E-state index contributed by atoms with van der Waals surface area (Å²) in [5.41, 5.74) is 5.22. The maximum atomic E-state index is 11.4. The number of nitro groups is 1. The second kappa shape index (κ2) is 6.23. The van der Waals surface area contributed by atoms with Crippen LogP contribution in [0.5, 0.6) is 0 Å². The standard InChI is InChI=1S/C15H18N4O2/c1-3-18(12-9-7-11(2)8-10-12)14-6-4-5-13(17-16)15(14)19(20)21/h4-10,17H,3,16H2,1-2H3. The van der Waals surface area contributed by atoms with E-state index in [4.69, 9.17) is 5.84 Å². The van der Waals surface area contributed by atoms with Crippen molar-refractivity contribution in [2.45, 2.75) is 13.8 Å². The summed E-state index contributed by atoms with van der Waals surface area (Å²) >= 11 is 0. The van der Waals surface area contributed by atoms with Crippen LogP contribution in [0, 0.1) is 17.0 Å². The molecular formula is C15H18N4O2. The predicted molar refractivity (Wildman–Crippen MR) is 84.8 cm³/mol. The maximum Gasteiger partial charge on any atom is 0.317 e. The Morgan fingerprint density at radius 2 is 1.90 bits per heavy atom. The van der Waals surface area contributed by atoms with Crippen molar-refractivity contribution >= 4 is 22.7 Å². The lowest BCUT2D eigenvalue weighted by atomic mass is 10.1. The summed E-state index contributed by atoms with van der Waals surface area (Å²) in [5, 5.41) is 11.4. The van der Waals surface area contributed by atoms with E-state index in [1.807, 2.05) is 43.0 Å². The molecule has 0 aliphatic carbocycles. The van der Waals surface area contributed by atoms with Gasteiger partial charge < -0.3 is 10.3 Å². The van der Waals surface area contributed by atoms with Crippen molar-refractivity contribution in [3.8, 4) is 0 Å². The van der Waals surface area contributed by atoms with Crippen molar-refractivity contribution in [2.75, 3.05) is 16.9 Å². The van der Waals surface area contributed by atoms with Gasteiger partial charge in [0.1, 0.15) is 11.4 Å². The number of nitrogens with two attached hydrogens (primary N) is 1. The molecular weight excluding hydrogens is 268 g/mol. The molecule has 0 saturated carbocycles. The number of aryl methyl sites for hydroxylation is 1. The summed E-state index contributed by atoms with van der Waals surface area (Å²) in [5.74, 6) is 5.38. The minimum Gasteiger partial charge on any atom is -0.336 e. The highest BCUT2D eigenvalue weighted by molar-refractivity contribution is 5.80. The van der Waals surface area contributed by atoms with Gasteiger partial charge in [-0.15, -0.1) is 0 Å². The average Bonchev–Trinajstić information content (AvgIpc) is 2.49. The highest BCUT2D eigenvalue weighted by Gasteiger charge is 2.23. The first-order valence-electron chi connectivity index (χ1n) is 6.66. The van der Waals surface area contributed by atoms with Crippen LogP contribution in [0.15, 0.2) is 42.5 Å². The molecule has 0 saturated heterocycles. The summed E-state index contributed by atoms with van der Waals surface area (Å²) < 4.78 is 0. The Hall–Kier alpha value is -2.60. The first kappa shape index (κ1) is 14.8. The third kappa shape index (κ3) is 2.95. The van der Waals surface area contributed by atoms with E-state index in [0.29, 0.717) is 17.9 Å². The van der Waals surface area contributed by atoms with Crippen molar-refractivity contribution in [3.63, 3.8) is 0 Å². The van der Waals surface area contributed by atoms with Gasteiger partial charge in [0, 0.05) is 12.2 Å². The topological polar surface area (TPSA) is 84.4 Å². The van der Waals surface area contributed by atoms with E-state index in [2.05, 4.69) is 5.43 Å². The Bertz CT molecular complexity index is 641. The lowest BCUT2D eigenvalue weighted by molar-refractivity contribution is -0.383. The van der Waals surface area contributed by atoms with Crippen LogP contribution >= 0.6 is 0 Å². The molecule has 0 aliphatic rings. The van der Waals surface area contributed by atoms with Gasteiger partial charge >= 0.3 is 5.69 Å². The lowest BCUT2D eigenvalue weighted by Crippen LogP contribution is -2.19. The molecule has 2 aromatic rings. The number of anilines is 3. The summed E-state index contributed by atoms with van der Waals surface area (Å²) in [4.78, 5) is 12.9. The van der Waals surface area contributed by atoms with E-state index >= 15 is 0 Å². The molecule has 0 bridgehead atoms. The maximum absolute atomic E-state index is 11.4. The number of hydrogen-bond acceptors (Lipinski definition) is 5. The van der Waals surface area contributed by atoms with Crippen LogP contribution in [0.4, 0.5) is 22.7 Å². The summed E-state index contributed by atoms with van der Waals surface area (Å²) in [7, 11) is 0. The summed E-state index contributed by atoms with van der Waals surface area (Å²) in [6.07, 6.45) is 0. The first-order chi connectivity index (χ1) is 10.1. The predicted octanol–water partition coefficient (Wildman–Crippen LogP) is 3.35. The number of nitrogen functional groups attached to an aromatic ring is 1. The molecule has 21 heavy (non-hydrogen) atoms.